The summed E-state index contributed by atoms with van der Waals surface area (Å²) in [7, 11) is 0. The summed E-state index contributed by atoms with van der Waals surface area (Å²) in [6, 6.07) is 1.93. The third kappa shape index (κ3) is 6.71. The van der Waals surface area contributed by atoms with Crippen molar-refractivity contribution in [2.45, 2.75) is 58.8 Å². The topological polar surface area (TPSA) is 42.0 Å². The molecule has 106 valence electrons. The Balaban J connectivity index is 2.21. The van der Waals surface area contributed by atoms with Gasteiger partial charge in [0.1, 0.15) is 4.60 Å². The van der Waals surface area contributed by atoms with E-state index in [1.165, 1.54) is 25.7 Å². The minimum absolute atomic E-state index is 0.0824. The van der Waals surface area contributed by atoms with Crippen molar-refractivity contribution in [3.05, 3.63) is 22.4 Å². The zero-order chi connectivity index (χ0) is 14.1. The highest BCUT2D eigenvalue weighted by molar-refractivity contribution is 9.10. The van der Waals surface area contributed by atoms with Crippen molar-refractivity contribution in [2.75, 3.05) is 5.32 Å². The van der Waals surface area contributed by atoms with Crippen molar-refractivity contribution >= 4 is 27.5 Å². The molecule has 1 N–H and O–H groups in total. The van der Waals surface area contributed by atoms with Gasteiger partial charge in [-0.1, -0.05) is 39.0 Å². The molecular weight excluding hydrogens is 304 g/mol. The van der Waals surface area contributed by atoms with E-state index >= 15 is 0 Å². The Hall–Kier alpha value is -0.900. The predicted octanol–water partition coefficient (Wildman–Crippen LogP) is 4.84. The van der Waals surface area contributed by atoms with Gasteiger partial charge < -0.3 is 5.32 Å². The van der Waals surface area contributed by atoms with E-state index in [1.54, 1.807) is 6.20 Å². The lowest BCUT2D eigenvalue weighted by Gasteiger charge is -2.06. The number of hydrogen-bond acceptors (Lipinski definition) is 2. The largest absolute Gasteiger partial charge is 0.325 e. The standard InChI is InChI=1S/C15H23BrN2O/c1-3-4-5-6-7-8-9-14(19)18-13-10-12(2)15(16)17-11-13/h10-11H,3-9H2,1-2H3,(H,18,19). The third-order valence-electron chi connectivity index (χ3n) is 3.06. The average molecular weight is 327 g/mol. The molecular formula is C15H23BrN2O. The van der Waals surface area contributed by atoms with Crippen LogP contribution in [0.5, 0.6) is 0 Å². The van der Waals surface area contributed by atoms with Crippen LogP contribution in [-0.4, -0.2) is 10.9 Å². The highest BCUT2D eigenvalue weighted by Gasteiger charge is 2.04. The molecule has 0 aliphatic rings. The fraction of sp³-hybridized carbons (Fsp3) is 0.600. The van der Waals surface area contributed by atoms with Crippen molar-refractivity contribution < 1.29 is 4.79 Å². The Morgan fingerprint density at radius 2 is 1.95 bits per heavy atom. The van der Waals surface area contributed by atoms with Crippen LogP contribution in [-0.2, 0) is 4.79 Å². The maximum atomic E-state index is 11.7. The van der Waals surface area contributed by atoms with E-state index < -0.39 is 0 Å². The number of carbonyl (C=O) groups excluding carboxylic acids is 1. The molecule has 0 bridgehead atoms. The summed E-state index contributed by atoms with van der Waals surface area (Å²) in [6.07, 6.45) is 9.47. The van der Waals surface area contributed by atoms with E-state index in [0.29, 0.717) is 6.42 Å². The first-order valence-electron chi connectivity index (χ1n) is 7.05. The molecule has 1 rings (SSSR count). The molecule has 4 heteroatoms. The lowest BCUT2D eigenvalue weighted by atomic mass is 10.1. The first-order valence-corrected chi connectivity index (χ1v) is 7.84. The number of aromatic nitrogens is 1. The number of aryl methyl sites for hydroxylation is 1. The van der Waals surface area contributed by atoms with E-state index in [1.807, 2.05) is 13.0 Å². The summed E-state index contributed by atoms with van der Waals surface area (Å²) in [5.74, 6) is 0.0824. The van der Waals surface area contributed by atoms with Crippen LogP contribution < -0.4 is 5.32 Å². The Kier molecular flexibility index (Phi) is 7.72. The van der Waals surface area contributed by atoms with Crippen LogP contribution in [0.2, 0.25) is 0 Å². The van der Waals surface area contributed by atoms with E-state index in [0.717, 1.165) is 28.7 Å². The molecule has 1 aromatic heterocycles. The number of amides is 1. The van der Waals surface area contributed by atoms with Crippen LogP contribution in [0.25, 0.3) is 0 Å². The molecule has 1 heterocycles. The smallest absolute Gasteiger partial charge is 0.224 e. The molecule has 0 fully saturated rings. The number of nitrogens with one attached hydrogen (secondary N) is 1. The van der Waals surface area contributed by atoms with Crippen LogP contribution in [0.1, 0.15) is 57.4 Å². The van der Waals surface area contributed by atoms with Gasteiger partial charge in [0.2, 0.25) is 5.91 Å². The number of nitrogens with zero attached hydrogens (tertiary/aromatic N) is 1. The van der Waals surface area contributed by atoms with Crippen molar-refractivity contribution in [2.24, 2.45) is 0 Å². The molecule has 3 nitrogen and oxygen atoms in total. The maximum Gasteiger partial charge on any atom is 0.224 e. The van der Waals surface area contributed by atoms with Crippen LogP contribution >= 0.6 is 15.9 Å². The van der Waals surface area contributed by atoms with Crippen LogP contribution in [0.3, 0.4) is 0 Å². The van der Waals surface area contributed by atoms with Gasteiger partial charge in [0.15, 0.2) is 0 Å². The number of anilines is 1. The molecule has 0 spiro atoms. The van der Waals surface area contributed by atoms with Crippen molar-refractivity contribution in [3.8, 4) is 0 Å². The third-order valence-corrected chi connectivity index (χ3v) is 3.89. The first kappa shape index (κ1) is 16.2. The SMILES string of the molecule is CCCCCCCCC(=O)Nc1cnc(Br)c(C)c1. The molecule has 0 radical (unpaired) electrons. The van der Waals surface area contributed by atoms with Crippen LogP contribution in [0.15, 0.2) is 16.9 Å². The van der Waals surface area contributed by atoms with Gasteiger partial charge >= 0.3 is 0 Å². The molecule has 0 saturated carbocycles. The molecule has 1 amide bonds. The summed E-state index contributed by atoms with van der Waals surface area (Å²) in [5.41, 5.74) is 1.80. The van der Waals surface area contributed by atoms with E-state index in [2.05, 4.69) is 33.2 Å². The lowest BCUT2D eigenvalue weighted by molar-refractivity contribution is -0.116. The summed E-state index contributed by atoms with van der Waals surface area (Å²) in [6.45, 7) is 4.17. The summed E-state index contributed by atoms with van der Waals surface area (Å²) < 4.78 is 0.821. The molecule has 0 aromatic carbocycles. The van der Waals surface area contributed by atoms with E-state index in [4.69, 9.17) is 0 Å². The van der Waals surface area contributed by atoms with E-state index in [-0.39, 0.29) is 5.91 Å². The Labute approximate surface area is 124 Å². The number of rotatable bonds is 8. The summed E-state index contributed by atoms with van der Waals surface area (Å²) in [5, 5.41) is 2.89. The highest BCUT2D eigenvalue weighted by atomic mass is 79.9. The second kappa shape index (κ2) is 9.08. The molecule has 19 heavy (non-hydrogen) atoms. The zero-order valence-corrected chi connectivity index (χ0v) is 13.4. The van der Waals surface area contributed by atoms with Gasteiger partial charge in [-0.3, -0.25) is 4.79 Å². The Bertz CT molecular complexity index is 407. The van der Waals surface area contributed by atoms with Crippen molar-refractivity contribution in [1.82, 2.24) is 4.98 Å². The van der Waals surface area contributed by atoms with E-state index in [9.17, 15) is 4.79 Å². The number of carbonyl (C=O) groups is 1. The number of hydrogen-bond donors (Lipinski definition) is 1. The number of unbranched alkanes of at least 4 members (excludes halogenated alkanes) is 5. The van der Waals surface area contributed by atoms with Gasteiger partial charge in [-0.15, -0.1) is 0 Å². The van der Waals surface area contributed by atoms with Crippen molar-refractivity contribution in [3.63, 3.8) is 0 Å². The zero-order valence-electron chi connectivity index (χ0n) is 11.8. The molecule has 0 aliphatic heterocycles. The first-order chi connectivity index (χ1) is 9.13. The van der Waals surface area contributed by atoms with Gasteiger partial charge in [-0.2, -0.15) is 0 Å². The Morgan fingerprint density at radius 3 is 2.63 bits per heavy atom. The normalized spacial score (nSPS) is 10.5. The van der Waals surface area contributed by atoms with Crippen LogP contribution in [0.4, 0.5) is 5.69 Å². The van der Waals surface area contributed by atoms with Crippen LogP contribution in [0, 0.1) is 6.92 Å². The van der Waals surface area contributed by atoms with Crippen molar-refractivity contribution in [1.29, 1.82) is 0 Å². The predicted molar refractivity (Wildman–Crippen MR) is 83.3 cm³/mol. The molecule has 0 unspecified atom stereocenters. The highest BCUT2D eigenvalue weighted by Crippen LogP contribution is 2.17. The fourth-order valence-electron chi connectivity index (χ4n) is 1.92. The summed E-state index contributed by atoms with van der Waals surface area (Å²) in [4.78, 5) is 15.9. The number of halogens is 1. The minimum Gasteiger partial charge on any atom is -0.325 e. The summed E-state index contributed by atoms with van der Waals surface area (Å²) >= 11 is 3.34. The monoisotopic (exact) mass is 326 g/mol. The Morgan fingerprint density at radius 1 is 1.26 bits per heavy atom. The molecule has 0 aliphatic carbocycles. The van der Waals surface area contributed by atoms with Gasteiger partial charge in [0.25, 0.3) is 0 Å². The quantitative estimate of drug-likeness (QED) is 0.548. The number of pyridine rings is 1. The van der Waals surface area contributed by atoms with Gasteiger partial charge in [-0.05, 0) is 40.9 Å². The molecule has 0 saturated heterocycles. The second-order valence-corrected chi connectivity index (χ2v) is 5.65. The minimum atomic E-state index is 0.0824. The molecule has 0 atom stereocenters. The lowest BCUT2D eigenvalue weighted by Crippen LogP contribution is -2.11. The van der Waals surface area contributed by atoms with Gasteiger partial charge in [0, 0.05) is 6.42 Å². The second-order valence-electron chi connectivity index (χ2n) is 4.90. The fourth-order valence-corrected chi connectivity index (χ4v) is 2.13. The van der Waals surface area contributed by atoms with Gasteiger partial charge in [0.05, 0.1) is 11.9 Å². The molecule has 1 aromatic rings. The maximum absolute atomic E-state index is 11.7. The average Bonchev–Trinajstić information content (AvgIpc) is 2.38. The van der Waals surface area contributed by atoms with Gasteiger partial charge in [-0.25, -0.2) is 4.98 Å².